The topological polar surface area (TPSA) is 41.5 Å². The Kier molecular flexibility index (Phi) is 9.08. The van der Waals surface area contributed by atoms with Gasteiger partial charge in [0.05, 0.1) is 12.7 Å². The van der Waals surface area contributed by atoms with Gasteiger partial charge in [-0.15, -0.1) is 11.8 Å². The average molecular weight is 550 g/mol. The van der Waals surface area contributed by atoms with Gasteiger partial charge in [-0.2, -0.15) is 0 Å². The van der Waals surface area contributed by atoms with E-state index >= 15 is 0 Å². The number of rotatable bonds is 7. The van der Waals surface area contributed by atoms with E-state index in [1.165, 1.54) is 48.1 Å². The largest absolute Gasteiger partial charge is 0.489 e. The third kappa shape index (κ3) is 6.27. The van der Waals surface area contributed by atoms with Gasteiger partial charge in [0.25, 0.3) is 0 Å². The van der Waals surface area contributed by atoms with Crippen LogP contribution in [0.1, 0.15) is 74.0 Å². The minimum absolute atomic E-state index is 0.268. The maximum atomic E-state index is 12.6. The van der Waals surface area contributed by atoms with Crippen molar-refractivity contribution in [2.75, 3.05) is 19.9 Å². The summed E-state index contributed by atoms with van der Waals surface area (Å²) in [5.41, 5.74) is 6.97. The van der Waals surface area contributed by atoms with E-state index in [1.54, 1.807) is 18.9 Å². The van der Waals surface area contributed by atoms with Gasteiger partial charge in [-0.3, -0.25) is 0 Å². The maximum Gasteiger partial charge on any atom is 0.165 e. The Morgan fingerprint density at radius 2 is 1.95 bits per heavy atom. The van der Waals surface area contributed by atoms with Crippen molar-refractivity contribution < 1.29 is 9.84 Å². The summed E-state index contributed by atoms with van der Waals surface area (Å²) in [6.07, 6.45) is 16.4. The van der Waals surface area contributed by atoms with Crippen LogP contribution >= 0.6 is 23.4 Å². The fraction of sp³-hybridized carbons (Fsp3) is 0.485. The first-order chi connectivity index (χ1) is 18.5. The first-order valence-corrected chi connectivity index (χ1v) is 15.7. The lowest BCUT2D eigenvalue weighted by molar-refractivity contribution is -0.0235. The number of hydrogen-bond donors (Lipinski definition) is 2. The quantitative estimate of drug-likeness (QED) is 0.272. The second-order valence-corrected chi connectivity index (χ2v) is 12.5. The van der Waals surface area contributed by atoms with Gasteiger partial charge >= 0.3 is 0 Å². The fourth-order valence-corrected chi connectivity index (χ4v) is 7.34. The van der Waals surface area contributed by atoms with E-state index in [0.29, 0.717) is 29.7 Å². The summed E-state index contributed by atoms with van der Waals surface area (Å²) >= 11 is 8.07. The summed E-state index contributed by atoms with van der Waals surface area (Å²) in [5.74, 6) is 1.18. The third-order valence-corrected chi connectivity index (χ3v) is 9.65. The van der Waals surface area contributed by atoms with Crippen LogP contribution in [-0.4, -0.2) is 36.7 Å². The summed E-state index contributed by atoms with van der Waals surface area (Å²) in [5, 5.41) is 17.1. The molecule has 0 aromatic heterocycles. The molecule has 2 aliphatic carbocycles. The highest BCUT2D eigenvalue weighted by Gasteiger charge is 2.45. The second kappa shape index (κ2) is 12.5. The van der Waals surface area contributed by atoms with Crippen molar-refractivity contribution in [3.05, 3.63) is 87.3 Å². The molecule has 1 aliphatic heterocycles. The monoisotopic (exact) mass is 549 g/mol. The van der Waals surface area contributed by atoms with E-state index in [4.69, 9.17) is 16.3 Å². The van der Waals surface area contributed by atoms with Crippen molar-refractivity contribution >= 4 is 29.4 Å². The molecular weight excluding hydrogens is 510 g/mol. The molecule has 0 spiro atoms. The molecule has 2 aromatic rings. The number of methoxy groups -OCH3 is 1. The van der Waals surface area contributed by atoms with Crippen LogP contribution in [0.5, 0.6) is 0 Å². The summed E-state index contributed by atoms with van der Waals surface area (Å²) in [4.78, 5) is 1.23. The Morgan fingerprint density at radius 3 is 2.68 bits per heavy atom. The fourth-order valence-electron chi connectivity index (χ4n) is 6.76. The normalized spacial score (nSPS) is 26.4. The molecular formula is C33H40ClNO2S. The van der Waals surface area contributed by atoms with Gasteiger partial charge in [0, 0.05) is 27.5 Å². The molecule has 0 amide bonds. The van der Waals surface area contributed by atoms with Crippen LogP contribution in [0.4, 0.5) is 0 Å². The maximum absolute atomic E-state index is 12.6. The highest BCUT2D eigenvalue weighted by Crippen LogP contribution is 2.46. The SMILES string of the molecule is COC1=C=CCc2ccc(SC)cc2/C=C\1C(c1ccc(Cl)cc1)C1(O)CCNC(CC2CCCCC2)C1. The highest BCUT2D eigenvalue weighted by atomic mass is 35.5. The zero-order chi connectivity index (χ0) is 26.5. The number of fused-ring (bicyclic) bond motifs is 1. The number of nitrogens with one attached hydrogen (secondary N) is 1. The summed E-state index contributed by atoms with van der Waals surface area (Å²) in [6.45, 7) is 0.806. The molecule has 3 aliphatic rings. The van der Waals surface area contributed by atoms with Gasteiger partial charge in [-0.05, 0) is 97.5 Å². The number of halogens is 1. The lowest BCUT2D eigenvalue weighted by Crippen LogP contribution is -2.52. The Bertz CT molecular complexity index is 1210. The van der Waals surface area contributed by atoms with E-state index in [0.717, 1.165) is 36.4 Å². The van der Waals surface area contributed by atoms with Crippen LogP contribution in [0, 0.1) is 5.92 Å². The second-order valence-electron chi connectivity index (χ2n) is 11.2. The first kappa shape index (κ1) is 27.6. The molecule has 1 saturated carbocycles. The van der Waals surface area contributed by atoms with Crippen LogP contribution in [0.3, 0.4) is 0 Å². The van der Waals surface area contributed by atoms with Crippen molar-refractivity contribution in [3.8, 4) is 0 Å². The van der Waals surface area contributed by atoms with Crippen molar-refractivity contribution in [2.45, 2.75) is 80.2 Å². The number of benzene rings is 2. The van der Waals surface area contributed by atoms with Gasteiger partial charge in [0.2, 0.25) is 0 Å². The smallest absolute Gasteiger partial charge is 0.165 e. The molecule has 5 rings (SSSR count). The van der Waals surface area contributed by atoms with Crippen LogP contribution in [-0.2, 0) is 11.2 Å². The summed E-state index contributed by atoms with van der Waals surface area (Å²) in [6, 6.07) is 15.0. The van der Waals surface area contributed by atoms with E-state index in [2.05, 4.69) is 59.8 Å². The molecule has 1 saturated heterocycles. The van der Waals surface area contributed by atoms with Gasteiger partial charge in [-0.1, -0.05) is 67.6 Å². The molecule has 2 fully saturated rings. The molecule has 202 valence electrons. The molecule has 2 N–H and O–H groups in total. The summed E-state index contributed by atoms with van der Waals surface area (Å²) in [7, 11) is 1.71. The zero-order valence-electron chi connectivity index (χ0n) is 22.6. The first-order valence-electron chi connectivity index (χ1n) is 14.1. The minimum atomic E-state index is -0.924. The van der Waals surface area contributed by atoms with Gasteiger partial charge in [0.15, 0.2) is 5.76 Å². The van der Waals surface area contributed by atoms with E-state index in [9.17, 15) is 5.11 Å². The zero-order valence-corrected chi connectivity index (χ0v) is 24.2. The van der Waals surface area contributed by atoms with Gasteiger partial charge in [-0.25, -0.2) is 0 Å². The van der Waals surface area contributed by atoms with E-state index in [1.807, 2.05) is 12.1 Å². The van der Waals surface area contributed by atoms with Crippen molar-refractivity contribution in [2.24, 2.45) is 5.92 Å². The molecule has 2 aromatic carbocycles. The van der Waals surface area contributed by atoms with E-state index < -0.39 is 5.60 Å². The van der Waals surface area contributed by atoms with E-state index in [-0.39, 0.29) is 5.92 Å². The molecule has 1 heterocycles. The predicted molar refractivity (Wildman–Crippen MR) is 160 cm³/mol. The molecule has 38 heavy (non-hydrogen) atoms. The number of aliphatic hydroxyl groups is 1. The Balaban J connectivity index is 1.59. The van der Waals surface area contributed by atoms with Crippen LogP contribution in [0.15, 0.2) is 70.5 Å². The Hall–Kier alpha value is -1.94. The van der Waals surface area contributed by atoms with Crippen molar-refractivity contribution in [1.82, 2.24) is 5.32 Å². The molecule has 3 atom stereocenters. The average Bonchev–Trinajstić information content (AvgIpc) is 2.92. The number of allylic oxidation sites excluding steroid dienone is 1. The molecule has 3 nitrogen and oxygen atoms in total. The molecule has 5 heteroatoms. The lowest BCUT2D eigenvalue weighted by Gasteiger charge is -2.45. The lowest BCUT2D eigenvalue weighted by atomic mass is 9.68. The van der Waals surface area contributed by atoms with Crippen LogP contribution < -0.4 is 5.32 Å². The minimum Gasteiger partial charge on any atom is -0.489 e. The Morgan fingerprint density at radius 1 is 1.16 bits per heavy atom. The molecule has 3 unspecified atom stereocenters. The van der Waals surface area contributed by atoms with Crippen molar-refractivity contribution in [3.63, 3.8) is 0 Å². The Labute approximate surface area is 237 Å². The van der Waals surface area contributed by atoms with Gasteiger partial charge in [0.1, 0.15) is 0 Å². The standard InChI is InChI=1S/C33H40ClNO2S/c1-37-31-10-6-9-24-13-16-29(38-2)20-26(24)21-30(31)32(25-11-14-27(34)15-12-25)33(36)17-18-35-28(22-33)19-23-7-4-3-5-8-23/h6,11-16,20-21,23,28,32,35-36H,3-5,7-9,17-19,22H2,1-2H3/b30-21+. The number of ether oxygens (including phenoxy) is 1. The number of hydrogen-bond acceptors (Lipinski definition) is 4. The molecule has 0 bridgehead atoms. The number of piperidine rings is 1. The van der Waals surface area contributed by atoms with Crippen molar-refractivity contribution in [1.29, 1.82) is 0 Å². The molecule has 0 radical (unpaired) electrons. The van der Waals surface area contributed by atoms with Crippen LogP contribution in [0.25, 0.3) is 6.08 Å². The van der Waals surface area contributed by atoms with Gasteiger partial charge < -0.3 is 15.2 Å². The highest BCUT2D eigenvalue weighted by molar-refractivity contribution is 7.98. The third-order valence-electron chi connectivity index (χ3n) is 8.67. The predicted octanol–water partition coefficient (Wildman–Crippen LogP) is 7.92. The summed E-state index contributed by atoms with van der Waals surface area (Å²) < 4.78 is 5.97. The van der Waals surface area contributed by atoms with Crippen LogP contribution in [0.2, 0.25) is 5.02 Å². The number of thioether (sulfide) groups is 1.